The summed E-state index contributed by atoms with van der Waals surface area (Å²) in [6.07, 6.45) is 1.24. The normalized spacial score (nSPS) is 10.3. The molecule has 0 saturated heterocycles. The van der Waals surface area contributed by atoms with Crippen molar-refractivity contribution in [1.82, 2.24) is 4.98 Å². The Morgan fingerprint density at radius 1 is 1.33 bits per heavy atom. The molecule has 2 rings (SSSR count). The zero-order valence-corrected chi connectivity index (χ0v) is 10.5. The van der Waals surface area contributed by atoms with E-state index in [1.807, 2.05) is 0 Å². The summed E-state index contributed by atoms with van der Waals surface area (Å²) < 4.78 is 12.7. The van der Waals surface area contributed by atoms with E-state index in [4.69, 9.17) is 16.7 Å². The smallest absolute Gasteiger partial charge is 0.337 e. The van der Waals surface area contributed by atoms with Gasteiger partial charge in [0.1, 0.15) is 10.8 Å². The van der Waals surface area contributed by atoms with Crippen LogP contribution in [0.3, 0.4) is 0 Å². The van der Waals surface area contributed by atoms with Gasteiger partial charge in [0.2, 0.25) is 0 Å². The van der Waals surface area contributed by atoms with E-state index in [-0.39, 0.29) is 16.4 Å². The summed E-state index contributed by atoms with van der Waals surface area (Å²) in [6.45, 7) is 0. The fourth-order valence-corrected chi connectivity index (χ4v) is 2.27. The molecule has 0 atom stereocenters. The second kappa shape index (κ2) is 5.37. The molecule has 0 bridgehead atoms. The first-order valence-corrected chi connectivity index (χ1v) is 6.08. The van der Waals surface area contributed by atoms with Crippen molar-refractivity contribution < 1.29 is 14.3 Å². The second-order valence-corrected chi connectivity index (χ2v) is 4.84. The van der Waals surface area contributed by atoms with Crippen LogP contribution in [0.15, 0.2) is 46.5 Å². The van der Waals surface area contributed by atoms with E-state index in [1.54, 1.807) is 12.1 Å². The number of halogens is 2. The molecule has 0 fully saturated rings. The van der Waals surface area contributed by atoms with Crippen molar-refractivity contribution in [2.75, 3.05) is 0 Å². The maximum atomic E-state index is 12.7. The highest BCUT2D eigenvalue weighted by Gasteiger charge is 2.09. The first-order chi connectivity index (χ1) is 8.56. The van der Waals surface area contributed by atoms with Crippen LogP contribution in [0.25, 0.3) is 0 Å². The fraction of sp³-hybridized carbons (Fsp3) is 0. The quantitative estimate of drug-likeness (QED) is 0.932. The molecule has 1 N–H and O–H groups in total. The molecule has 0 amide bonds. The van der Waals surface area contributed by atoms with Gasteiger partial charge < -0.3 is 5.11 Å². The Morgan fingerprint density at radius 2 is 2.00 bits per heavy atom. The third-order valence-electron chi connectivity index (χ3n) is 2.08. The predicted molar refractivity (Wildman–Crippen MR) is 66.7 cm³/mol. The van der Waals surface area contributed by atoms with Gasteiger partial charge in [0, 0.05) is 11.1 Å². The van der Waals surface area contributed by atoms with E-state index in [0.717, 1.165) is 4.90 Å². The third kappa shape index (κ3) is 3.00. The van der Waals surface area contributed by atoms with E-state index in [0.29, 0.717) is 5.03 Å². The number of carboxylic acid groups (broad SMARTS) is 1. The number of rotatable bonds is 3. The van der Waals surface area contributed by atoms with Crippen molar-refractivity contribution >= 4 is 29.3 Å². The highest BCUT2D eigenvalue weighted by atomic mass is 35.5. The maximum Gasteiger partial charge on any atom is 0.337 e. The summed E-state index contributed by atoms with van der Waals surface area (Å²) >= 11 is 7.17. The minimum Gasteiger partial charge on any atom is -0.478 e. The zero-order chi connectivity index (χ0) is 13.1. The van der Waals surface area contributed by atoms with E-state index in [9.17, 15) is 9.18 Å². The number of pyridine rings is 1. The van der Waals surface area contributed by atoms with Gasteiger partial charge >= 0.3 is 5.97 Å². The number of benzene rings is 1. The molecule has 1 heterocycles. The van der Waals surface area contributed by atoms with Crippen molar-refractivity contribution in [3.63, 3.8) is 0 Å². The van der Waals surface area contributed by atoms with Gasteiger partial charge in [-0.3, -0.25) is 0 Å². The topological polar surface area (TPSA) is 50.2 Å². The molecule has 6 heteroatoms. The highest BCUT2D eigenvalue weighted by Crippen LogP contribution is 2.31. The van der Waals surface area contributed by atoms with Gasteiger partial charge in [0.05, 0.1) is 10.6 Å². The molecular formula is C12H7ClFNO2S. The Morgan fingerprint density at radius 3 is 2.56 bits per heavy atom. The maximum absolute atomic E-state index is 12.7. The Balaban J connectivity index is 2.24. The molecule has 3 nitrogen and oxygen atoms in total. The van der Waals surface area contributed by atoms with Gasteiger partial charge in [0.15, 0.2) is 0 Å². The van der Waals surface area contributed by atoms with Gasteiger partial charge in [-0.05, 0) is 30.3 Å². The zero-order valence-electron chi connectivity index (χ0n) is 8.93. The summed E-state index contributed by atoms with van der Waals surface area (Å²) in [5, 5.41) is 9.51. The van der Waals surface area contributed by atoms with Crippen LogP contribution in [0, 0.1) is 5.82 Å². The van der Waals surface area contributed by atoms with Crippen LogP contribution in [0.4, 0.5) is 4.39 Å². The molecule has 0 aliphatic heterocycles. The first-order valence-electron chi connectivity index (χ1n) is 4.88. The Kier molecular flexibility index (Phi) is 3.84. The molecule has 0 aliphatic carbocycles. The van der Waals surface area contributed by atoms with Crippen molar-refractivity contribution in [2.45, 2.75) is 9.92 Å². The lowest BCUT2D eigenvalue weighted by molar-refractivity contribution is 0.0696. The van der Waals surface area contributed by atoms with Crippen LogP contribution in [-0.4, -0.2) is 16.1 Å². The average molecular weight is 284 g/mol. The summed E-state index contributed by atoms with van der Waals surface area (Å²) in [5.74, 6) is -1.40. The number of carboxylic acids is 1. The minimum atomic E-state index is -1.08. The number of hydrogen-bond acceptors (Lipinski definition) is 3. The third-order valence-corrected chi connectivity index (χ3v) is 3.51. The molecule has 18 heavy (non-hydrogen) atoms. The van der Waals surface area contributed by atoms with Gasteiger partial charge in [-0.15, -0.1) is 0 Å². The molecule has 1 aromatic carbocycles. The van der Waals surface area contributed by atoms with Crippen LogP contribution in [0.2, 0.25) is 5.02 Å². The van der Waals surface area contributed by atoms with Crippen LogP contribution < -0.4 is 0 Å². The van der Waals surface area contributed by atoms with E-state index < -0.39 is 5.97 Å². The molecule has 0 unspecified atom stereocenters. The van der Waals surface area contributed by atoms with Crippen LogP contribution in [0.5, 0.6) is 0 Å². The number of nitrogens with zero attached hydrogens (tertiary/aromatic N) is 1. The van der Waals surface area contributed by atoms with E-state index in [2.05, 4.69) is 4.98 Å². The summed E-state index contributed by atoms with van der Waals surface area (Å²) in [5.41, 5.74) is 0.0310. The van der Waals surface area contributed by atoms with E-state index in [1.165, 1.54) is 36.2 Å². The largest absolute Gasteiger partial charge is 0.478 e. The minimum absolute atomic E-state index is 0.0310. The number of aromatic carboxylic acids is 1. The van der Waals surface area contributed by atoms with Crippen molar-refractivity contribution in [3.05, 3.63) is 52.9 Å². The summed E-state index contributed by atoms with van der Waals surface area (Å²) in [4.78, 5) is 15.5. The van der Waals surface area contributed by atoms with Crippen molar-refractivity contribution in [2.24, 2.45) is 0 Å². The number of carbonyl (C=O) groups is 1. The monoisotopic (exact) mass is 283 g/mol. The van der Waals surface area contributed by atoms with E-state index >= 15 is 0 Å². The lowest BCUT2D eigenvalue weighted by atomic mass is 10.3. The summed E-state index contributed by atoms with van der Waals surface area (Å²) in [6, 6.07) is 7.21. The fourth-order valence-electron chi connectivity index (χ4n) is 1.23. The standard InChI is InChI=1S/C12H7ClFNO2S/c13-10-5-7(12(16)17)6-15-11(10)18-9-3-1-8(14)2-4-9/h1-6H,(H,16,17). The molecule has 0 spiro atoms. The Bertz CT molecular complexity index is 589. The van der Waals surface area contributed by atoms with Gasteiger partial charge in [-0.1, -0.05) is 23.4 Å². The SMILES string of the molecule is O=C(O)c1cnc(Sc2ccc(F)cc2)c(Cl)c1. The molecule has 0 radical (unpaired) electrons. The molecule has 2 aromatic rings. The summed E-state index contributed by atoms with van der Waals surface area (Å²) in [7, 11) is 0. The lowest BCUT2D eigenvalue weighted by Crippen LogP contribution is -1.97. The van der Waals surface area contributed by atoms with Crippen molar-refractivity contribution in [1.29, 1.82) is 0 Å². The van der Waals surface area contributed by atoms with Gasteiger partial charge in [-0.25, -0.2) is 14.2 Å². The van der Waals surface area contributed by atoms with Gasteiger partial charge in [0.25, 0.3) is 0 Å². The number of aromatic nitrogens is 1. The average Bonchev–Trinajstić information content (AvgIpc) is 2.34. The molecular weight excluding hydrogens is 277 g/mol. The highest BCUT2D eigenvalue weighted by molar-refractivity contribution is 7.99. The lowest BCUT2D eigenvalue weighted by Gasteiger charge is -2.04. The van der Waals surface area contributed by atoms with Crippen LogP contribution in [0.1, 0.15) is 10.4 Å². The second-order valence-electron chi connectivity index (χ2n) is 3.37. The molecule has 0 saturated carbocycles. The van der Waals surface area contributed by atoms with Crippen molar-refractivity contribution in [3.8, 4) is 0 Å². The Hall–Kier alpha value is -1.59. The number of hydrogen-bond donors (Lipinski definition) is 1. The van der Waals surface area contributed by atoms with Crippen LogP contribution >= 0.6 is 23.4 Å². The first kappa shape index (κ1) is 12.9. The molecule has 92 valence electrons. The van der Waals surface area contributed by atoms with Gasteiger partial charge in [-0.2, -0.15) is 0 Å². The molecule has 0 aliphatic rings. The predicted octanol–water partition coefficient (Wildman–Crippen LogP) is 3.72. The molecule has 1 aromatic heterocycles. The van der Waals surface area contributed by atoms with Crippen LogP contribution in [-0.2, 0) is 0 Å². The Labute approximate surface area is 112 Å².